The van der Waals surface area contributed by atoms with Gasteiger partial charge in [-0.05, 0) is 58.7 Å². The Morgan fingerprint density at radius 3 is 2.81 bits per heavy atom. The Bertz CT molecular complexity index is 521. The van der Waals surface area contributed by atoms with Crippen LogP contribution in [-0.2, 0) is 0 Å². The SMILES string of the molecule is Cc1cscc1C(=O)Nc1cccc(I)c1. The van der Waals surface area contributed by atoms with Crippen molar-refractivity contribution >= 4 is 45.5 Å². The molecular weight excluding hydrogens is 333 g/mol. The predicted octanol–water partition coefficient (Wildman–Crippen LogP) is 3.91. The molecule has 0 atom stereocenters. The number of rotatable bonds is 2. The zero-order valence-corrected chi connectivity index (χ0v) is 11.6. The average Bonchev–Trinajstić information content (AvgIpc) is 2.64. The maximum atomic E-state index is 11.9. The molecule has 2 rings (SSSR count). The molecule has 0 aliphatic rings. The van der Waals surface area contributed by atoms with Crippen LogP contribution in [-0.4, -0.2) is 5.91 Å². The summed E-state index contributed by atoms with van der Waals surface area (Å²) in [5.74, 6) is -0.0410. The largest absolute Gasteiger partial charge is 0.322 e. The highest BCUT2D eigenvalue weighted by Crippen LogP contribution is 2.17. The number of amides is 1. The molecule has 0 saturated heterocycles. The molecule has 2 nitrogen and oxygen atoms in total. The number of nitrogens with one attached hydrogen (secondary N) is 1. The molecule has 1 amide bonds. The van der Waals surface area contributed by atoms with E-state index in [1.807, 2.05) is 41.9 Å². The topological polar surface area (TPSA) is 29.1 Å². The molecule has 1 heterocycles. The maximum Gasteiger partial charge on any atom is 0.256 e. The van der Waals surface area contributed by atoms with Crippen molar-refractivity contribution in [3.63, 3.8) is 0 Å². The van der Waals surface area contributed by atoms with E-state index in [4.69, 9.17) is 0 Å². The quantitative estimate of drug-likeness (QED) is 0.823. The van der Waals surface area contributed by atoms with Gasteiger partial charge in [-0.25, -0.2) is 0 Å². The third-order valence-electron chi connectivity index (χ3n) is 2.18. The molecule has 0 unspecified atom stereocenters. The molecule has 0 radical (unpaired) electrons. The second-order valence-electron chi connectivity index (χ2n) is 3.43. The highest BCUT2D eigenvalue weighted by atomic mass is 127. The van der Waals surface area contributed by atoms with Crippen LogP contribution >= 0.6 is 33.9 Å². The molecule has 0 spiro atoms. The lowest BCUT2D eigenvalue weighted by Crippen LogP contribution is -2.11. The Balaban J connectivity index is 2.17. The average molecular weight is 343 g/mol. The summed E-state index contributed by atoms with van der Waals surface area (Å²) in [6.07, 6.45) is 0. The minimum absolute atomic E-state index is 0.0410. The minimum Gasteiger partial charge on any atom is -0.322 e. The fourth-order valence-electron chi connectivity index (χ4n) is 1.36. The zero-order chi connectivity index (χ0) is 11.5. The molecular formula is C12H10INOS. The van der Waals surface area contributed by atoms with Crippen LogP contribution in [0.3, 0.4) is 0 Å². The normalized spacial score (nSPS) is 10.1. The minimum atomic E-state index is -0.0410. The Labute approximate surface area is 112 Å². The highest BCUT2D eigenvalue weighted by molar-refractivity contribution is 14.1. The van der Waals surface area contributed by atoms with E-state index in [0.717, 1.165) is 20.4 Å². The van der Waals surface area contributed by atoms with Crippen LogP contribution in [0.15, 0.2) is 35.0 Å². The molecule has 0 bridgehead atoms. The summed E-state index contributed by atoms with van der Waals surface area (Å²) in [7, 11) is 0. The van der Waals surface area contributed by atoms with Crippen molar-refractivity contribution in [1.29, 1.82) is 0 Å². The van der Waals surface area contributed by atoms with Gasteiger partial charge in [-0.2, -0.15) is 11.3 Å². The van der Waals surface area contributed by atoms with Crippen molar-refractivity contribution in [3.05, 3.63) is 49.7 Å². The van der Waals surface area contributed by atoms with Gasteiger partial charge in [-0.15, -0.1) is 0 Å². The summed E-state index contributed by atoms with van der Waals surface area (Å²) >= 11 is 3.77. The Kier molecular flexibility index (Phi) is 3.60. The molecule has 1 N–H and O–H groups in total. The zero-order valence-electron chi connectivity index (χ0n) is 8.66. The molecule has 1 aromatic heterocycles. The van der Waals surface area contributed by atoms with Crippen LogP contribution in [0.4, 0.5) is 5.69 Å². The van der Waals surface area contributed by atoms with E-state index in [9.17, 15) is 4.79 Å². The lowest BCUT2D eigenvalue weighted by atomic mass is 10.2. The fraction of sp³-hybridized carbons (Fsp3) is 0.0833. The summed E-state index contributed by atoms with van der Waals surface area (Å²) in [6, 6.07) is 7.76. The van der Waals surface area contributed by atoms with Crippen molar-refractivity contribution in [2.45, 2.75) is 6.92 Å². The van der Waals surface area contributed by atoms with Crippen LogP contribution in [0, 0.1) is 10.5 Å². The van der Waals surface area contributed by atoms with Crippen LogP contribution in [0.25, 0.3) is 0 Å². The Hall–Kier alpha value is -0.880. The number of hydrogen-bond donors (Lipinski definition) is 1. The second kappa shape index (κ2) is 4.97. The van der Waals surface area contributed by atoms with Crippen LogP contribution < -0.4 is 5.32 Å². The van der Waals surface area contributed by atoms with Crippen molar-refractivity contribution in [1.82, 2.24) is 0 Å². The Morgan fingerprint density at radius 2 is 2.19 bits per heavy atom. The summed E-state index contributed by atoms with van der Waals surface area (Å²) < 4.78 is 1.11. The lowest BCUT2D eigenvalue weighted by Gasteiger charge is -2.04. The Morgan fingerprint density at radius 1 is 1.38 bits per heavy atom. The number of thiophene rings is 1. The van der Waals surface area contributed by atoms with E-state index < -0.39 is 0 Å². The van der Waals surface area contributed by atoms with Crippen LogP contribution in [0.2, 0.25) is 0 Å². The van der Waals surface area contributed by atoms with Gasteiger partial charge in [0.15, 0.2) is 0 Å². The van der Waals surface area contributed by atoms with Gasteiger partial charge in [-0.3, -0.25) is 4.79 Å². The first kappa shape index (κ1) is 11.6. The van der Waals surface area contributed by atoms with Gasteiger partial charge in [0.1, 0.15) is 0 Å². The third kappa shape index (κ3) is 2.62. The molecule has 0 aliphatic heterocycles. The van der Waals surface area contributed by atoms with Gasteiger partial charge >= 0.3 is 0 Å². The third-order valence-corrected chi connectivity index (χ3v) is 3.72. The highest BCUT2D eigenvalue weighted by Gasteiger charge is 2.09. The molecule has 82 valence electrons. The summed E-state index contributed by atoms with van der Waals surface area (Å²) in [4.78, 5) is 11.9. The van der Waals surface area contributed by atoms with Gasteiger partial charge in [0.05, 0.1) is 5.56 Å². The predicted molar refractivity (Wildman–Crippen MR) is 76.2 cm³/mol. The number of anilines is 1. The molecule has 0 aliphatic carbocycles. The summed E-state index contributed by atoms with van der Waals surface area (Å²) in [5.41, 5.74) is 2.61. The first-order valence-electron chi connectivity index (χ1n) is 4.76. The van der Waals surface area contributed by atoms with Crippen molar-refractivity contribution in [2.24, 2.45) is 0 Å². The lowest BCUT2D eigenvalue weighted by molar-refractivity contribution is 0.102. The van der Waals surface area contributed by atoms with Gasteiger partial charge in [-0.1, -0.05) is 6.07 Å². The molecule has 4 heteroatoms. The van der Waals surface area contributed by atoms with Gasteiger partial charge in [0.25, 0.3) is 5.91 Å². The maximum absolute atomic E-state index is 11.9. The summed E-state index contributed by atoms with van der Waals surface area (Å²) in [6.45, 7) is 1.94. The molecule has 1 aromatic carbocycles. The standard InChI is InChI=1S/C12H10INOS/c1-8-6-16-7-11(8)12(15)14-10-4-2-3-9(13)5-10/h2-7H,1H3,(H,14,15). The van der Waals surface area contributed by atoms with E-state index in [2.05, 4.69) is 27.9 Å². The molecule has 16 heavy (non-hydrogen) atoms. The summed E-state index contributed by atoms with van der Waals surface area (Å²) in [5, 5.41) is 6.74. The van der Waals surface area contributed by atoms with E-state index >= 15 is 0 Å². The number of benzene rings is 1. The first-order valence-corrected chi connectivity index (χ1v) is 6.78. The van der Waals surface area contributed by atoms with E-state index in [-0.39, 0.29) is 5.91 Å². The van der Waals surface area contributed by atoms with Crippen LogP contribution in [0.5, 0.6) is 0 Å². The smallest absolute Gasteiger partial charge is 0.256 e. The van der Waals surface area contributed by atoms with Crippen molar-refractivity contribution in [3.8, 4) is 0 Å². The number of carbonyl (C=O) groups is 1. The van der Waals surface area contributed by atoms with E-state index in [1.54, 1.807) is 11.3 Å². The monoisotopic (exact) mass is 343 g/mol. The van der Waals surface area contributed by atoms with Gasteiger partial charge < -0.3 is 5.32 Å². The van der Waals surface area contributed by atoms with Gasteiger partial charge in [0, 0.05) is 14.6 Å². The van der Waals surface area contributed by atoms with Crippen molar-refractivity contribution in [2.75, 3.05) is 5.32 Å². The molecule has 2 aromatic rings. The van der Waals surface area contributed by atoms with Crippen LogP contribution in [0.1, 0.15) is 15.9 Å². The van der Waals surface area contributed by atoms with Gasteiger partial charge in [0.2, 0.25) is 0 Å². The number of halogens is 1. The first-order chi connectivity index (χ1) is 7.66. The second-order valence-corrected chi connectivity index (χ2v) is 5.42. The number of hydrogen-bond acceptors (Lipinski definition) is 2. The molecule has 0 saturated carbocycles. The fourth-order valence-corrected chi connectivity index (χ4v) is 2.73. The van der Waals surface area contributed by atoms with E-state index in [0.29, 0.717) is 0 Å². The number of carbonyl (C=O) groups excluding carboxylic acids is 1. The number of aryl methyl sites for hydroxylation is 1. The van der Waals surface area contributed by atoms with E-state index in [1.165, 1.54) is 0 Å². The van der Waals surface area contributed by atoms with Crippen molar-refractivity contribution < 1.29 is 4.79 Å². The molecule has 0 fully saturated rings.